The second kappa shape index (κ2) is 5.73. The van der Waals surface area contributed by atoms with Crippen molar-refractivity contribution in [1.82, 2.24) is 9.80 Å². The number of benzene rings is 1. The highest BCUT2D eigenvalue weighted by Gasteiger charge is 2.39. The molecular weight excluding hydrogens is 328 g/mol. The first-order valence-electron chi connectivity index (χ1n) is 7.82. The molecule has 0 saturated carbocycles. The van der Waals surface area contributed by atoms with Gasteiger partial charge in [0.25, 0.3) is 11.8 Å². The third-order valence-corrected chi connectivity index (χ3v) is 4.37. The summed E-state index contributed by atoms with van der Waals surface area (Å²) >= 11 is 0. The fourth-order valence-electron chi connectivity index (χ4n) is 3.03. The van der Waals surface area contributed by atoms with E-state index >= 15 is 0 Å². The zero-order chi connectivity index (χ0) is 17.6. The SMILES string of the molecule is O=C(c1cc(=O)c2ccccc2o1)N1CC(CN2C(=O)COC2=O)C1. The van der Waals surface area contributed by atoms with E-state index in [-0.39, 0.29) is 42.1 Å². The molecule has 2 aliphatic rings. The van der Waals surface area contributed by atoms with E-state index in [1.54, 1.807) is 24.3 Å². The number of carbonyl (C=O) groups is 3. The number of amides is 3. The van der Waals surface area contributed by atoms with Crippen molar-refractivity contribution in [3.8, 4) is 0 Å². The van der Waals surface area contributed by atoms with Gasteiger partial charge in [-0.15, -0.1) is 0 Å². The molecule has 8 heteroatoms. The number of hydrogen-bond acceptors (Lipinski definition) is 6. The largest absolute Gasteiger partial charge is 0.451 e. The van der Waals surface area contributed by atoms with E-state index in [0.29, 0.717) is 24.1 Å². The van der Waals surface area contributed by atoms with Crippen molar-refractivity contribution >= 4 is 28.9 Å². The Morgan fingerprint density at radius 2 is 1.92 bits per heavy atom. The molecule has 0 spiro atoms. The van der Waals surface area contributed by atoms with E-state index in [4.69, 9.17) is 4.42 Å². The standard InChI is InChI=1S/C17H14N2O6/c20-12-5-14(25-13-4-2-1-3-11(12)13)16(22)18-6-10(7-18)8-19-15(21)9-24-17(19)23/h1-5,10H,6-9H2. The summed E-state index contributed by atoms with van der Waals surface area (Å²) in [6, 6.07) is 7.92. The van der Waals surface area contributed by atoms with Crippen molar-refractivity contribution in [3.63, 3.8) is 0 Å². The molecule has 0 unspecified atom stereocenters. The van der Waals surface area contributed by atoms with E-state index in [9.17, 15) is 19.2 Å². The van der Waals surface area contributed by atoms with Gasteiger partial charge in [0, 0.05) is 31.6 Å². The van der Waals surface area contributed by atoms with Gasteiger partial charge in [0.05, 0.1) is 5.39 Å². The average molecular weight is 342 g/mol. The average Bonchev–Trinajstić information content (AvgIpc) is 2.88. The van der Waals surface area contributed by atoms with Crippen LogP contribution in [0.5, 0.6) is 0 Å². The molecule has 0 atom stereocenters. The maximum absolute atomic E-state index is 12.5. The number of nitrogens with zero attached hydrogens (tertiary/aromatic N) is 2. The van der Waals surface area contributed by atoms with Gasteiger partial charge in [-0.05, 0) is 12.1 Å². The monoisotopic (exact) mass is 342 g/mol. The summed E-state index contributed by atoms with van der Waals surface area (Å²) in [5.74, 6) is -0.769. The molecule has 8 nitrogen and oxygen atoms in total. The number of likely N-dealkylation sites (tertiary alicyclic amines) is 1. The third kappa shape index (κ3) is 2.65. The Kier molecular flexibility index (Phi) is 3.52. The zero-order valence-corrected chi connectivity index (χ0v) is 13.1. The fraction of sp³-hybridized carbons (Fsp3) is 0.294. The van der Waals surface area contributed by atoms with Crippen LogP contribution in [0.3, 0.4) is 0 Å². The van der Waals surface area contributed by atoms with Crippen LogP contribution in [-0.4, -0.2) is 53.9 Å². The highest BCUT2D eigenvalue weighted by atomic mass is 16.6. The van der Waals surface area contributed by atoms with E-state index in [2.05, 4.69) is 4.74 Å². The van der Waals surface area contributed by atoms with Gasteiger partial charge < -0.3 is 14.1 Å². The van der Waals surface area contributed by atoms with Crippen LogP contribution < -0.4 is 5.43 Å². The molecule has 1 aromatic heterocycles. The minimum absolute atomic E-state index is 0.00858. The second-order valence-corrected chi connectivity index (χ2v) is 6.11. The molecule has 4 rings (SSSR count). The summed E-state index contributed by atoms with van der Waals surface area (Å²) in [6.07, 6.45) is -0.643. The number of carbonyl (C=O) groups excluding carboxylic acids is 3. The fourth-order valence-corrected chi connectivity index (χ4v) is 3.03. The first-order chi connectivity index (χ1) is 12.0. The topological polar surface area (TPSA) is 97.1 Å². The molecule has 0 bridgehead atoms. The first-order valence-corrected chi connectivity index (χ1v) is 7.82. The van der Waals surface area contributed by atoms with Crippen molar-refractivity contribution < 1.29 is 23.5 Å². The Bertz CT molecular complexity index is 928. The van der Waals surface area contributed by atoms with Crippen LogP contribution in [0, 0.1) is 5.92 Å². The number of imide groups is 1. The maximum Gasteiger partial charge on any atom is 0.417 e. The minimum Gasteiger partial charge on any atom is -0.451 e. The molecule has 0 N–H and O–H groups in total. The number of para-hydroxylation sites is 1. The number of cyclic esters (lactones) is 1. The van der Waals surface area contributed by atoms with Crippen LogP contribution in [0.15, 0.2) is 39.5 Å². The van der Waals surface area contributed by atoms with Crippen molar-refractivity contribution in [2.45, 2.75) is 0 Å². The Hall–Kier alpha value is -3.16. The quantitative estimate of drug-likeness (QED) is 0.820. The number of fused-ring (bicyclic) bond motifs is 1. The van der Waals surface area contributed by atoms with Gasteiger partial charge in [0.1, 0.15) is 5.58 Å². The molecule has 3 amide bonds. The Morgan fingerprint density at radius 1 is 1.16 bits per heavy atom. The van der Waals surface area contributed by atoms with Gasteiger partial charge in [-0.25, -0.2) is 9.69 Å². The van der Waals surface area contributed by atoms with Gasteiger partial charge in [-0.3, -0.25) is 14.4 Å². The van der Waals surface area contributed by atoms with E-state index in [1.807, 2.05) is 0 Å². The predicted molar refractivity (Wildman–Crippen MR) is 84.9 cm³/mol. The zero-order valence-electron chi connectivity index (χ0n) is 13.1. The van der Waals surface area contributed by atoms with Gasteiger partial charge in [-0.1, -0.05) is 12.1 Å². The molecule has 2 aliphatic heterocycles. The van der Waals surface area contributed by atoms with Crippen molar-refractivity contribution in [1.29, 1.82) is 0 Å². The molecule has 0 radical (unpaired) electrons. The number of hydrogen-bond donors (Lipinski definition) is 0. The molecule has 2 aromatic rings. The Morgan fingerprint density at radius 3 is 2.64 bits per heavy atom. The summed E-state index contributed by atoms with van der Waals surface area (Å²) in [5, 5.41) is 0.423. The lowest BCUT2D eigenvalue weighted by atomic mass is 9.99. The van der Waals surface area contributed by atoms with Crippen molar-refractivity contribution in [2.24, 2.45) is 5.92 Å². The molecule has 0 aliphatic carbocycles. The lowest BCUT2D eigenvalue weighted by Crippen LogP contribution is -2.54. The molecule has 1 aromatic carbocycles. The van der Waals surface area contributed by atoms with Gasteiger partial charge in [-0.2, -0.15) is 0 Å². The number of ether oxygens (including phenoxy) is 1. The van der Waals surface area contributed by atoms with Crippen LogP contribution >= 0.6 is 0 Å². The van der Waals surface area contributed by atoms with Crippen LogP contribution in [0.1, 0.15) is 10.6 Å². The smallest absolute Gasteiger partial charge is 0.417 e. The maximum atomic E-state index is 12.5. The van der Waals surface area contributed by atoms with Crippen molar-refractivity contribution in [3.05, 3.63) is 46.3 Å². The molecule has 128 valence electrons. The van der Waals surface area contributed by atoms with Crippen molar-refractivity contribution in [2.75, 3.05) is 26.2 Å². The minimum atomic E-state index is -0.643. The first kappa shape index (κ1) is 15.4. The Labute approximate surface area is 141 Å². The molecule has 25 heavy (non-hydrogen) atoms. The summed E-state index contributed by atoms with van der Waals surface area (Å²) in [7, 11) is 0. The van der Waals surface area contributed by atoms with Crippen LogP contribution in [0.25, 0.3) is 11.0 Å². The van der Waals surface area contributed by atoms with Gasteiger partial charge in [0.15, 0.2) is 17.8 Å². The molecular formula is C17H14N2O6. The summed E-state index contributed by atoms with van der Waals surface area (Å²) < 4.78 is 10.2. The summed E-state index contributed by atoms with van der Waals surface area (Å²) in [5.41, 5.74) is 0.0912. The Balaban J connectivity index is 1.44. The molecule has 2 fully saturated rings. The summed E-state index contributed by atoms with van der Waals surface area (Å²) in [4.78, 5) is 50.0. The van der Waals surface area contributed by atoms with Gasteiger partial charge >= 0.3 is 6.09 Å². The van der Waals surface area contributed by atoms with E-state index < -0.39 is 6.09 Å². The lowest BCUT2D eigenvalue weighted by molar-refractivity contribution is -0.126. The van der Waals surface area contributed by atoms with E-state index in [1.165, 1.54) is 11.0 Å². The third-order valence-electron chi connectivity index (χ3n) is 4.37. The summed E-state index contributed by atoms with van der Waals surface area (Å²) in [6.45, 7) is 0.762. The van der Waals surface area contributed by atoms with Crippen LogP contribution in [0.4, 0.5) is 4.79 Å². The number of rotatable bonds is 3. The molecule has 2 saturated heterocycles. The predicted octanol–water partition coefficient (Wildman–Crippen LogP) is 0.844. The highest BCUT2D eigenvalue weighted by Crippen LogP contribution is 2.22. The van der Waals surface area contributed by atoms with Crippen LogP contribution in [0.2, 0.25) is 0 Å². The van der Waals surface area contributed by atoms with Gasteiger partial charge in [0.2, 0.25) is 0 Å². The highest BCUT2D eigenvalue weighted by molar-refractivity contribution is 5.98. The lowest BCUT2D eigenvalue weighted by Gasteiger charge is -2.39. The normalized spacial score (nSPS) is 17.8. The second-order valence-electron chi connectivity index (χ2n) is 6.11. The molecule has 3 heterocycles. The van der Waals surface area contributed by atoms with Crippen LogP contribution in [-0.2, 0) is 9.53 Å². The van der Waals surface area contributed by atoms with E-state index in [0.717, 1.165) is 4.90 Å².